The molecule has 0 fully saturated rings. The van der Waals surface area contributed by atoms with E-state index < -0.39 is 6.04 Å². The molecule has 1 unspecified atom stereocenters. The van der Waals surface area contributed by atoms with Crippen LogP contribution in [0.1, 0.15) is 12.5 Å². The highest BCUT2D eigenvalue weighted by molar-refractivity contribution is 5.89. The molecule has 3 aromatic rings. The third kappa shape index (κ3) is 4.59. The monoisotopic (exact) mass is 377 g/mol. The molecular weight excluding hydrogens is 354 g/mol. The fraction of sp³-hybridized carbons (Fsp3) is 0.182. The average Bonchev–Trinajstić information content (AvgIpc) is 2.73. The fourth-order valence-electron chi connectivity index (χ4n) is 2.80. The highest BCUT2D eigenvalue weighted by atomic mass is 16.5. The number of methoxy groups -OCH3 is 2. The van der Waals surface area contributed by atoms with Gasteiger partial charge in [0, 0.05) is 11.3 Å². The smallest absolute Gasteiger partial charge is 0.262 e. The first-order valence-corrected chi connectivity index (χ1v) is 8.91. The summed E-state index contributed by atoms with van der Waals surface area (Å²) >= 11 is 0. The standard InChI is InChI=1S/C22H23N3O3/c1-15(24-19-9-8-16-6-4-5-7-17(16)12-19)22(26)25-23-14-18-13-20(27-2)10-11-21(18)28-3/h4-15,24H,1-3H3,(H,25,26). The molecule has 144 valence electrons. The predicted molar refractivity (Wildman–Crippen MR) is 112 cm³/mol. The van der Waals surface area contributed by atoms with Gasteiger partial charge >= 0.3 is 0 Å². The second-order valence-corrected chi connectivity index (χ2v) is 6.27. The molecule has 1 amide bonds. The molecule has 2 N–H and O–H groups in total. The van der Waals surface area contributed by atoms with E-state index in [2.05, 4.69) is 21.9 Å². The van der Waals surface area contributed by atoms with Crippen molar-refractivity contribution in [2.45, 2.75) is 13.0 Å². The number of nitrogens with one attached hydrogen (secondary N) is 2. The Balaban J connectivity index is 1.63. The molecule has 0 aliphatic rings. The van der Waals surface area contributed by atoms with Crippen molar-refractivity contribution >= 4 is 28.6 Å². The lowest BCUT2D eigenvalue weighted by molar-refractivity contribution is -0.121. The summed E-state index contributed by atoms with van der Waals surface area (Å²) in [4.78, 5) is 12.3. The molecule has 3 aromatic carbocycles. The SMILES string of the molecule is COc1ccc(OC)c(C=NNC(=O)C(C)Nc2ccc3ccccc3c2)c1. The Hall–Kier alpha value is -3.54. The zero-order chi connectivity index (χ0) is 19.9. The van der Waals surface area contributed by atoms with E-state index in [0.29, 0.717) is 17.1 Å². The lowest BCUT2D eigenvalue weighted by Gasteiger charge is -2.14. The molecule has 1 atom stereocenters. The molecule has 0 bridgehead atoms. The molecule has 6 nitrogen and oxygen atoms in total. The second kappa shape index (κ2) is 8.90. The van der Waals surface area contributed by atoms with Crippen LogP contribution in [0.5, 0.6) is 11.5 Å². The third-order valence-corrected chi connectivity index (χ3v) is 4.34. The van der Waals surface area contributed by atoms with Gasteiger partial charge in [0.15, 0.2) is 0 Å². The van der Waals surface area contributed by atoms with Crippen LogP contribution >= 0.6 is 0 Å². The van der Waals surface area contributed by atoms with Crippen molar-refractivity contribution < 1.29 is 14.3 Å². The maximum absolute atomic E-state index is 12.3. The van der Waals surface area contributed by atoms with E-state index in [1.165, 1.54) is 6.21 Å². The summed E-state index contributed by atoms with van der Waals surface area (Å²) in [5, 5.41) is 9.50. The molecule has 0 aromatic heterocycles. The van der Waals surface area contributed by atoms with Crippen molar-refractivity contribution in [3.8, 4) is 11.5 Å². The van der Waals surface area contributed by atoms with Crippen molar-refractivity contribution in [3.63, 3.8) is 0 Å². The van der Waals surface area contributed by atoms with Crippen molar-refractivity contribution in [2.24, 2.45) is 5.10 Å². The van der Waals surface area contributed by atoms with Crippen molar-refractivity contribution in [3.05, 3.63) is 66.2 Å². The van der Waals surface area contributed by atoms with Crippen LogP contribution < -0.4 is 20.2 Å². The van der Waals surface area contributed by atoms with E-state index >= 15 is 0 Å². The second-order valence-electron chi connectivity index (χ2n) is 6.27. The first-order chi connectivity index (χ1) is 13.6. The molecular formula is C22H23N3O3. The number of rotatable bonds is 7. The van der Waals surface area contributed by atoms with Crippen LogP contribution in [0.2, 0.25) is 0 Å². The first-order valence-electron chi connectivity index (χ1n) is 8.91. The van der Waals surface area contributed by atoms with E-state index in [-0.39, 0.29) is 5.91 Å². The van der Waals surface area contributed by atoms with Gasteiger partial charge in [0.1, 0.15) is 17.5 Å². The predicted octanol–water partition coefficient (Wildman–Crippen LogP) is 3.81. The first kappa shape index (κ1) is 19.2. The quantitative estimate of drug-likeness (QED) is 0.485. The summed E-state index contributed by atoms with van der Waals surface area (Å²) in [6.07, 6.45) is 1.53. The molecule has 0 saturated heterocycles. The van der Waals surface area contributed by atoms with Gasteiger partial charge in [-0.2, -0.15) is 5.10 Å². The van der Waals surface area contributed by atoms with E-state index in [1.807, 2.05) is 36.4 Å². The number of hydrogen-bond donors (Lipinski definition) is 2. The number of ether oxygens (including phenoxy) is 2. The van der Waals surface area contributed by atoms with Gasteiger partial charge in [0.25, 0.3) is 5.91 Å². The third-order valence-electron chi connectivity index (χ3n) is 4.34. The minimum absolute atomic E-state index is 0.244. The molecule has 0 aliphatic heterocycles. The van der Waals surface area contributed by atoms with Gasteiger partial charge < -0.3 is 14.8 Å². The Labute approximate surface area is 164 Å². The van der Waals surface area contributed by atoms with Crippen LogP contribution in [-0.2, 0) is 4.79 Å². The van der Waals surface area contributed by atoms with E-state index in [9.17, 15) is 4.79 Å². The summed E-state index contributed by atoms with van der Waals surface area (Å²) in [5.74, 6) is 1.08. The Morgan fingerprint density at radius 3 is 2.54 bits per heavy atom. The van der Waals surface area contributed by atoms with Crippen LogP contribution in [0.4, 0.5) is 5.69 Å². The molecule has 0 aliphatic carbocycles. The Morgan fingerprint density at radius 1 is 1.00 bits per heavy atom. The summed E-state index contributed by atoms with van der Waals surface area (Å²) in [6.45, 7) is 1.78. The molecule has 0 spiro atoms. The number of hydrazone groups is 1. The van der Waals surface area contributed by atoms with Gasteiger partial charge in [0.2, 0.25) is 0 Å². The molecule has 0 saturated carbocycles. The van der Waals surface area contributed by atoms with Crippen LogP contribution in [0, 0.1) is 0 Å². The summed E-state index contributed by atoms with van der Waals surface area (Å²) in [5.41, 5.74) is 4.13. The lowest BCUT2D eigenvalue weighted by Crippen LogP contribution is -2.34. The maximum atomic E-state index is 12.3. The number of carbonyl (C=O) groups is 1. The normalized spacial score (nSPS) is 12.0. The largest absolute Gasteiger partial charge is 0.497 e. The fourth-order valence-corrected chi connectivity index (χ4v) is 2.80. The van der Waals surface area contributed by atoms with E-state index in [0.717, 1.165) is 16.5 Å². The van der Waals surface area contributed by atoms with Gasteiger partial charge in [-0.1, -0.05) is 30.3 Å². The molecule has 0 heterocycles. The maximum Gasteiger partial charge on any atom is 0.262 e. The summed E-state index contributed by atoms with van der Waals surface area (Å²) in [6, 6.07) is 19.0. The number of benzene rings is 3. The summed E-state index contributed by atoms with van der Waals surface area (Å²) < 4.78 is 10.5. The van der Waals surface area contributed by atoms with E-state index in [4.69, 9.17) is 9.47 Å². The van der Waals surface area contributed by atoms with Gasteiger partial charge in [-0.3, -0.25) is 4.79 Å². The van der Waals surface area contributed by atoms with Gasteiger partial charge in [0.05, 0.1) is 20.4 Å². The van der Waals surface area contributed by atoms with E-state index in [1.54, 1.807) is 39.3 Å². The Bertz CT molecular complexity index is 1000. The zero-order valence-electron chi connectivity index (χ0n) is 16.1. The van der Waals surface area contributed by atoms with Crippen LogP contribution in [-0.4, -0.2) is 32.4 Å². The van der Waals surface area contributed by atoms with Gasteiger partial charge in [-0.05, 0) is 48.0 Å². The molecule has 0 radical (unpaired) electrons. The number of fused-ring (bicyclic) bond motifs is 1. The Kier molecular flexibility index (Phi) is 6.11. The zero-order valence-corrected chi connectivity index (χ0v) is 16.1. The van der Waals surface area contributed by atoms with Crippen molar-refractivity contribution in [2.75, 3.05) is 19.5 Å². The van der Waals surface area contributed by atoms with Crippen LogP contribution in [0.15, 0.2) is 65.8 Å². The van der Waals surface area contributed by atoms with Gasteiger partial charge in [-0.25, -0.2) is 5.43 Å². The van der Waals surface area contributed by atoms with Crippen LogP contribution in [0.3, 0.4) is 0 Å². The number of hydrogen-bond acceptors (Lipinski definition) is 5. The number of nitrogens with zero attached hydrogens (tertiary/aromatic N) is 1. The Morgan fingerprint density at radius 2 is 1.79 bits per heavy atom. The molecule has 6 heteroatoms. The number of carbonyl (C=O) groups excluding carboxylic acids is 1. The minimum Gasteiger partial charge on any atom is -0.497 e. The molecule has 28 heavy (non-hydrogen) atoms. The summed E-state index contributed by atoms with van der Waals surface area (Å²) in [7, 11) is 3.16. The molecule has 3 rings (SSSR count). The average molecular weight is 377 g/mol. The highest BCUT2D eigenvalue weighted by Crippen LogP contribution is 2.22. The highest BCUT2D eigenvalue weighted by Gasteiger charge is 2.12. The van der Waals surface area contributed by atoms with Crippen molar-refractivity contribution in [1.29, 1.82) is 0 Å². The number of anilines is 1. The lowest BCUT2D eigenvalue weighted by atomic mass is 10.1. The van der Waals surface area contributed by atoms with Crippen molar-refractivity contribution in [1.82, 2.24) is 5.43 Å². The topological polar surface area (TPSA) is 72.0 Å². The van der Waals surface area contributed by atoms with Gasteiger partial charge in [-0.15, -0.1) is 0 Å². The minimum atomic E-state index is -0.453. The number of amides is 1. The van der Waals surface area contributed by atoms with Crippen LogP contribution in [0.25, 0.3) is 10.8 Å².